The van der Waals surface area contributed by atoms with Gasteiger partial charge in [-0.1, -0.05) is 22.9 Å². The fourth-order valence-corrected chi connectivity index (χ4v) is 2.22. The number of aryl methyl sites for hydroxylation is 1. The highest BCUT2D eigenvalue weighted by atomic mass is 79.9. The number of aromatic nitrogens is 3. The van der Waals surface area contributed by atoms with E-state index in [2.05, 4.69) is 26.1 Å². The number of rotatable bonds is 3. The Labute approximate surface area is 112 Å². The Kier molecular flexibility index (Phi) is 3.73. The molecule has 0 aliphatic carbocycles. The van der Waals surface area contributed by atoms with Crippen LogP contribution in [0.2, 0.25) is 0 Å². The maximum Gasteiger partial charge on any atom is 0.199 e. The van der Waals surface area contributed by atoms with Crippen LogP contribution in [0.1, 0.15) is 19.2 Å². The molecule has 1 aromatic carbocycles. The van der Waals surface area contributed by atoms with E-state index in [1.165, 1.54) is 6.07 Å². The van der Waals surface area contributed by atoms with E-state index >= 15 is 0 Å². The summed E-state index contributed by atoms with van der Waals surface area (Å²) in [6, 6.07) is 4.76. The van der Waals surface area contributed by atoms with Crippen LogP contribution in [0.3, 0.4) is 0 Å². The molecule has 0 radical (unpaired) electrons. The molecule has 0 spiro atoms. The second kappa shape index (κ2) is 5.10. The van der Waals surface area contributed by atoms with Crippen molar-refractivity contribution in [2.45, 2.75) is 19.8 Å². The summed E-state index contributed by atoms with van der Waals surface area (Å²) in [5.41, 5.74) is 0.418. The predicted molar refractivity (Wildman–Crippen MR) is 70.4 cm³/mol. The van der Waals surface area contributed by atoms with Crippen LogP contribution in [0.5, 0.6) is 0 Å². The molecule has 1 heterocycles. The molecule has 0 atom stereocenters. The van der Waals surface area contributed by atoms with E-state index in [0.29, 0.717) is 10.5 Å². The summed E-state index contributed by atoms with van der Waals surface area (Å²) in [7, 11) is 0. The lowest BCUT2D eigenvalue weighted by Crippen LogP contribution is -2.03. The zero-order valence-electron chi connectivity index (χ0n) is 9.20. The molecule has 0 unspecified atom stereocenters. The summed E-state index contributed by atoms with van der Waals surface area (Å²) in [5.74, 6) is 0.428. The quantitative estimate of drug-likeness (QED) is 0.874. The molecule has 0 saturated carbocycles. The Morgan fingerprint density at radius 3 is 3.00 bits per heavy atom. The van der Waals surface area contributed by atoms with Gasteiger partial charge in [0, 0.05) is 10.9 Å². The van der Waals surface area contributed by atoms with Gasteiger partial charge in [0.05, 0.1) is 5.69 Å². The van der Waals surface area contributed by atoms with Crippen LogP contribution in [0, 0.1) is 10.6 Å². The van der Waals surface area contributed by atoms with Crippen LogP contribution in [-0.4, -0.2) is 14.8 Å². The average molecular weight is 316 g/mol. The highest BCUT2D eigenvalue weighted by Gasteiger charge is 2.11. The molecule has 3 nitrogen and oxygen atoms in total. The van der Waals surface area contributed by atoms with Crippen molar-refractivity contribution in [3.05, 3.63) is 39.1 Å². The van der Waals surface area contributed by atoms with Gasteiger partial charge < -0.3 is 0 Å². The first-order chi connectivity index (χ1) is 8.13. The molecule has 0 saturated heterocycles. The van der Waals surface area contributed by atoms with Crippen molar-refractivity contribution in [1.82, 2.24) is 14.8 Å². The zero-order valence-corrected chi connectivity index (χ0v) is 11.6. The summed E-state index contributed by atoms with van der Waals surface area (Å²) in [6.45, 7) is 2.04. The lowest BCUT2D eigenvalue weighted by molar-refractivity contribution is 0.613. The molecule has 0 amide bonds. The van der Waals surface area contributed by atoms with Gasteiger partial charge in [-0.3, -0.25) is 9.67 Å². The van der Waals surface area contributed by atoms with Crippen LogP contribution in [0.4, 0.5) is 4.39 Å². The van der Waals surface area contributed by atoms with Gasteiger partial charge in [-0.2, -0.15) is 5.10 Å². The summed E-state index contributed by atoms with van der Waals surface area (Å²) >= 11 is 8.46. The van der Waals surface area contributed by atoms with E-state index in [9.17, 15) is 4.39 Å². The molecule has 17 heavy (non-hydrogen) atoms. The molecular weight excluding hydrogens is 305 g/mol. The van der Waals surface area contributed by atoms with Crippen molar-refractivity contribution in [2.24, 2.45) is 0 Å². The number of nitrogens with one attached hydrogen (secondary N) is 1. The maximum absolute atomic E-state index is 13.8. The molecule has 0 fully saturated rings. The lowest BCUT2D eigenvalue weighted by Gasteiger charge is -2.07. The Hall–Kier alpha value is -1.01. The number of benzene rings is 1. The first kappa shape index (κ1) is 12.4. The topological polar surface area (TPSA) is 33.6 Å². The molecule has 2 aromatic rings. The zero-order chi connectivity index (χ0) is 12.4. The maximum atomic E-state index is 13.8. The van der Waals surface area contributed by atoms with E-state index in [-0.39, 0.29) is 5.82 Å². The van der Waals surface area contributed by atoms with Crippen LogP contribution in [-0.2, 0) is 6.42 Å². The molecule has 0 aliphatic heterocycles. The Bertz CT molecular complexity index is 591. The first-order valence-corrected chi connectivity index (χ1v) is 6.45. The molecule has 1 N–H and O–H groups in total. The fourth-order valence-electron chi connectivity index (χ4n) is 1.63. The van der Waals surface area contributed by atoms with Crippen LogP contribution < -0.4 is 0 Å². The van der Waals surface area contributed by atoms with Gasteiger partial charge in [0.15, 0.2) is 4.77 Å². The second-order valence-electron chi connectivity index (χ2n) is 3.63. The monoisotopic (exact) mass is 315 g/mol. The fraction of sp³-hybridized carbons (Fsp3) is 0.273. The highest BCUT2D eigenvalue weighted by molar-refractivity contribution is 9.10. The third-order valence-corrected chi connectivity index (χ3v) is 3.13. The van der Waals surface area contributed by atoms with Crippen molar-refractivity contribution in [3.8, 4) is 5.69 Å². The molecule has 2 rings (SSSR count). The van der Waals surface area contributed by atoms with E-state index in [1.807, 2.05) is 6.92 Å². The minimum atomic E-state index is -0.317. The third-order valence-electron chi connectivity index (χ3n) is 2.36. The van der Waals surface area contributed by atoms with Crippen molar-refractivity contribution in [1.29, 1.82) is 0 Å². The number of H-pyrrole nitrogens is 1. The van der Waals surface area contributed by atoms with Crippen LogP contribution in [0.15, 0.2) is 22.7 Å². The van der Waals surface area contributed by atoms with Gasteiger partial charge in [-0.25, -0.2) is 4.39 Å². The summed E-state index contributed by atoms with van der Waals surface area (Å²) in [5, 5.41) is 6.82. The van der Waals surface area contributed by atoms with Crippen molar-refractivity contribution < 1.29 is 4.39 Å². The van der Waals surface area contributed by atoms with E-state index in [0.717, 1.165) is 23.1 Å². The minimum absolute atomic E-state index is 0.317. The molecule has 1 aromatic heterocycles. The summed E-state index contributed by atoms with van der Waals surface area (Å²) in [4.78, 5) is 0. The summed E-state index contributed by atoms with van der Waals surface area (Å²) < 4.78 is 16.7. The lowest BCUT2D eigenvalue weighted by atomic mass is 10.2. The van der Waals surface area contributed by atoms with E-state index < -0.39 is 0 Å². The Morgan fingerprint density at radius 1 is 1.53 bits per heavy atom. The van der Waals surface area contributed by atoms with Gasteiger partial charge in [0.25, 0.3) is 0 Å². The van der Waals surface area contributed by atoms with Crippen molar-refractivity contribution in [3.63, 3.8) is 0 Å². The molecule has 0 aliphatic rings. The van der Waals surface area contributed by atoms with Gasteiger partial charge in [0.1, 0.15) is 11.6 Å². The SMILES string of the molecule is CCCc1n[nH]c(=S)n1-c1cc(Br)ccc1F. The third kappa shape index (κ3) is 2.47. The summed E-state index contributed by atoms with van der Waals surface area (Å²) in [6.07, 6.45) is 1.67. The number of halogens is 2. The standard InChI is InChI=1S/C11H11BrFN3S/c1-2-3-10-14-15-11(17)16(10)9-6-7(12)4-5-8(9)13/h4-6H,2-3H2,1H3,(H,15,17). The smallest absolute Gasteiger partial charge is 0.199 e. The van der Waals surface area contributed by atoms with Gasteiger partial charge >= 0.3 is 0 Å². The average Bonchev–Trinajstić information content (AvgIpc) is 2.64. The molecule has 0 bridgehead atoms. The number of hydrogen-bond donors (Lipinski definition) is 1. The van der Waals surface area contributed by atoms with Crippen molar-refractivity contribution in [2.75, 3.05) is 0 Å². The first-order valence-electron chi connectivity index (χ1n) is 5.25. The molecule has 90 valence electrons. The van der Waals surface area contributed by atoms with Gasteiger partial charge in [0.2, 0.25) is 0 Å². The van der Waals surface area contributed by atoms with Crippen LogP contribution in [0.25, 0.3) is 5.69 Å². The number of nitrogens with zero attached hydrogens (tertiary/aromatic N) is 2. The predicted octanol–water partition coefficient (Wildman–Crippen LogP) is 3.78. The number of hydrogen-bond acceptors (Lipinski definition) is 2. The Morgan fingerprint density at radius 2 is 2.29 bits per heavy atom. The van der Waals surface area contributed by atoms with E-state index in [1.54, 1.807) is 16.7 Å². The second-order valence-corrected chi connectivity index (χ2v) is 4.93. The molecular formula is C11H11BrFN3S. The highest BCUT2D eigenvalue weighted by Crippen LogP contribution is 2.21. The minimum Gasteiger partial charge on any atom is -0.269 e. The van der Waals surface area contributed by atoms with Crippen LogP contribution >= 0.6 is 28.1 Å². The largest absolute Gasteiger partial charge is 0.269 e. The van der Waals surface area contributed by atoms with Gasteiger partial charge in [-0.15, -0.1) is 0 Å². The molecule has 6 heteroatoms. The Balaban J connectivity index is 2.63. The normalized spacial score (nSPS) is 10.8. The number of aromatic amines is 1. The van der Waals surface area contributed by atoms with Crippen molar-refractivity contribution >= 4 is 28.1 Å². The van der Waals surface area contributed by atoms with Gasteiger partial charge in [-0.05, 0) is 36.8 Å². The van der Waals surface area contributed by atoms with E-state index in [4.69, 9.17) is 12.2 Å².